The molecule has 0 aromatic rings. The van der Waals surface area contributed by atoms with Crippen molar-refractivity contribution < 1.29 is 9.84 Å². The molecule has 0 rings (SSSR count). The number of methoxy groups -OCH3 is 1. The van der Waals surface area contributed by atoms with E-state index in [0.717, 1.165) is 6.42 Å². The van der Waals surface area contributed by atoms with E-state index in [0.29, 0.717) is 12.5 Å². The van der Waals surface area contributed by atoms with Crippen molar-refractivity contribution in [3.05, 3.63) is 0 Å². The number of unbranched alkanes of at least 4 members (excludes halogenated alkanes) is 1. The Labute approximate surface area is 75.9 Å². The Balaban J connectivity index is 3.33. The first-order chi connectivity index (χ1) is 5.70. The molecule has 12 heavy (non-hydrogen) atoms. The third-order valence-electron chi connectivity index (χ3n) is 2.08. The molecule has 2 nitrogen and oxygen atoms in total. The summed E-state index contributed by atoms with van der Waals surface area (Å²) in [4.78, 5) is 0. The highest BCUT2D eigenvalue weighted by Gasteiger charge is 2.08. The van der Waals surface area contributed by atoms with Gasteiger partial charge < -0.3 is 9.84 Å². The molecule has 0 aromatic heterocycles. The van der Waals surface area contributed by atoms with E-state index in [1.165, 1.54) is 19.3 Å². The van der Waals surface area contributed by atoms with E-state index in [9.17, 15) is 5.11 Å². The lowest BCUT2D eigenvalue weighted by Crippen LogP contribution is -2.17. The molecule has 2 atom stereocenters. The minimum Gasteiger partial charge on any atom is -0.391 e. The molecule has 0 bridgehead atoms. The topological polar surface area (TPSA) is 29.5 Å². The van der Waals surface area contributed by atoms with E-state index in [4.69, 9.17) is 4.74 Å². The Morgan fingerprint density at radius 3 is 2.58 bits per heavy atom. The lowest BCUT2D eigenvalue weighted by Gasteiger charge is -2.15. The van der Waals surface area contributed by atoms with Crippen LogP contribution >= 0.6 is 0 Å². The first-order valence-electron chi connectivity index (χ1n) is 4.87. The van der Waals surface area contributed by atoms with Gasteiger partial charge in [0.25, 0.3) is 0 Å². The van der Waals surface area contributed by atoms with Gasteiger partial charge in [0.2, 0.25) is 0 Å². The maximum absolute atomic E-state index is 9.39. The second-order valence-electron chi connectivity index (χ2n) is 3.59. The number of aliphatic hydroxyl groups excluding tert-OH is 1. The number of aliphatic hydroxyl groups is 1. The van der Waals surface area contributed by atoms with Gasteiger partial charge in [0.05, 0.1) is 12.7 Å². The van der Waals surface area contributed by atoms with Crippen molar-refractivity contribution in [2.45, 2.75) is 45.6 Å². The molecule has 0 saturated carbocycles. The predicted octanol–water partition coefficient (Wildman–Crippen LogP) is 2.21. The van der Waals surface area contributed by atoms with Gasteiger partial charge in [0.15, 0.2) is 0 Å². The average Bonchev–Trinajstić information content (AvgIpc) is 2.01. The summed E-state index contributed by atoms with van der Waals surface area (Å²) in [5, 5.41) is 9.39. The van der Waals surface area contributed by atoms with Gasteiger partial charge >= 0.3 is 0 Å². The summed E-state index contributed by atoms with van der Waals surface area (Å²) < 4.78 is 4.86. The minimum absolute atomic E-state index is 0.276. The largest absolute Gasteiger partial charge is 0.391 e. The summed E-state index contributed by atoms with van der Waals surface area (Å²) >= 11 is 0. The van der Waals surface area contributed by atoms with Crippen LogP contribution in [0.3, 0.4) is 0 Å². The zero-order valence-electron chi connectivity index (χ0n) is 8.55. The molecule has 0 saturated heterocycles. The zero-order chi connectivity index (χ0) is 9.40. The Bertz CT molecular complexity index is 93.8. The van der Waals surface area contributed by atoms with Crippen molar-refractivity contribution in [1.29, 1.82) is 0 Å². The summed E-state index contributed by atoms with van der Waals surface area (Å²) in [6.45, 7) is 4.85. The van der Waals surface area contributed by atoms with E-state index < -0.39 is 0 Å². The van der Waals surface area contributed by atoms with Crippen molar-refractivity contribution in [1.82, 2.24) is 0 Å². The Kier molecular flexibility index (Phi) is 7.51. The lowest BCUT2D eigenvalue weighted by molar-refractivity contribution is 0.0489. The van der Waals surface area contributed by atoms with Gasteiger partial charge in [-0.3, -0.25) is 0 Å². The quantitative estimate of drug-likeness (QED) is 0.641. The molecule has 0 aromatic carbocycles. The van der Waals surface area contributed by atoms with E-state index in [-0.39, 0.29) is 6.10 Å². The number of ether oxygens (including phenoxy) is 1. The normalized spacial score (nSPS) is 16.0. The monoisotopic (exact) mass is 174 g/mol. The van der Waals surface area contributed by atoms with Crippen LogP contribution in [0, 0.1) is 5.92 Å². The van der Waals surface area contributed by atoms with Gasteiger partial charge in [0, 0.05) is 7.11 Å². The van der Waals surface area contributed by atoms with Gasteiger partial charge in [-0.2, -0.15) is 0 Å². The minimum atomic E-state index is -0.276. The van der Waals surface area contributed by atoms with Gasteiger partial charge in [-0.1, -0.05) is 33.1 Å². The van der Waals surface area contributed by atoms with E-state index in [1.807, 2.05) is 0 Å². The molecule has 1 unspecified atom stereocenters. The number of hydrogen-bond donors (Lipinski definition) is 1. The molecule has 2 heteroatoms. The third-order valence-corrected chi connectivity index (χ3v) is 2.08. The SMILES string of the molecule is CCCCC(C)C[C@H](O)COC. The third kappa shape index (κ3) is 6.62. The van der Waals surface area contributed by atoms with E-state index in [1.54, 1.807) is 7.11 Å². The van der Waals surface area contributed by atoms with Crippen molar-refractivity contribution in [2.24, 2.45) is 5.92 Å². The summed E-state index contributed by atoms with van der Waals surface area (Å²) in [5.74, 6) is 0.620. The van der Waals surface area contributed by atoms with Gasteiger partial charge in [0.1, 0.15) is 0 Å². The highest BCUT2D eigenvalue weighted by atomic mass is 16.5. The number of hydrogen-bond acceptors (Lipinski definition) is 2. The fourth-order valence-corrected chi connectivity index (χ4v) is 1.40. The molecule has 0 heterocycles. The molecule has 0 amide bonds. The average molecular weight is 174 g/mol. The Morgan fingerprint density at radius 2 is 2.08 bits per heavy atom. The van der Waals surface area contributed by atoms with Gasteiger partial charge in [-0.25, -0.2) is 0 Å². The van der Waals surface area contributed by atoms with Gasteiger partial charge in [-0.05, 0) is 12.3 Å². The highest BCUT2D eigenvalue weighted by molar-refractivity contribution is 4.60. The molecule has 74 valence electrons. The zero-order valence-corrected chi connectivity index (χ0v) is 8.55. The van der Waals surface area contributed by atoms with Crippen LogP contribution in [-0.4, -0.2) is 24.9 Å². The van der Waals surface area contributed by atoms with Crippen molar-refractivity contribution in [3.8, 4) is 0 Å². The van der Waals surface area contributed by atoms with Crippen LogP contribution in [0.2, 0.25) is 0 Å². The molecular formula is C10H22O2. The lowest BCUT2D eigenvalue weighted by atomic mass is 9.98. The molecule has 0 aliphatic carbocycles. The Morgan fingerprint density at radius 1 is 1.42 bits per heavy atom. The molecule has 0 fully saturated rings. The van der Waals surface area contributed by atoms with Gasteiger partial charge in [-0.15, -0.1) is 0 Å². The predicted molar refractivity (Wildman–Crippen MR) is 51.2 cm³/mol. The molecule has 0 aliphatic rings. The summed E-state index contributed by atoms with van der Waals surface area (Å²) in [5.41, 5.74) is 0. The van der Waals surface area contributed by atoms with Crippen LogP contribution in [0.4, 0.5) is 0 Å². The van der Waals surface area contributed by atoms with Crippen LogP contribution in [-0.2, 0) is 4.74 Å². The highest BCUT2D eigenvalue weighted by Crippen LogP contribution is 2.13. The van der Waals surface area contributed by atoms with Crippen molar-refractivity contribution in [3.63, 3.8) is 0 Å². The van der Waals surface area contributed by atoms with Crippen molar-refractivity contribution >= 4 is 0 Å². The van der Waals surface area contributed by atoms with Crippen LogP contribution in [0.1, 0.15) is 39.5 Å². The first kappa shape index (κ1) is 11.9. The van der Waals surface area contributed by atoms with E-state index in [2.05, 4.69) is 13.8 Å². The van der Waals surface area contributed by atoms with Crippen molar-refractivity contribution in [2.75, 3.05) is 13.7 Å². The van der Waals surface area contributed by atoms with Crippen LogP contribution in [0.5, 0.6) is 0 Å². The summed E-state index contributed by atoms with van der Waals surface area (Å²) in [6, 6.07) is 0. The summed E-state index contributed by atoms with van der Waals surface area (Å²) in [6.07, 6.45) is 4.32. The standard InChI is InChI=1S/C10H22O2/c1-4-5-6-9(2)7-10(11)8-12-3/h9-11H,4-8H2,1-3H3/t9?,10-/m0/s1. The molecule has 0 aliphatic heterocycles. The molecule has 0 radical (unpaired) electrons. The number of rotatable bonds is 7. The fourth-order valence-electron chi connectivity index (χ4n) is 1.40. The summed E-state index contributed by atoms with van der Waals surface area (Å²) in [7, 11) is 1.62. The smallest absolute Gasteiger partial charge is 0.0776 e. The van der Waals surface area contributed by atoms with Crippen LogP contribution in [0.25, 0.3) is 0 Å². The maximum Gasteiger partial charge on any atom is 0.0776 e. The maximum atomic E-state index is 9.39. The fraction of sp³-hybridized carbons (Fsp3) is 1.00. The molecular weight excluding hydrogens is 152 g/mol. The first-order valence-corrected chi connectivity index (χ1v) is 4.87. The second kappa shape index (κ2) is 7.56. The van der Waals surface area contributed by atoms with E-state index >= 15 is 0 Å². The molecule has 0 spiro atoms. The Hall–Kier alpha value is -0.0800. The second-order valence-corrected chi connectivity index (χ2v) is 3.59. The van der Waals surface area contributed by atoms with Crippen LogP contribution < -0.4 is 0 Å². The van der Waals surface area contributed by atoms with Crippen LogP contribution in [0.15, 0.2) is 0 Å². The molecule has 1 N–H and O–H groups in total.